The second-order valence-corrected chi connectivity index (χ2v) is 12.1. The van der Waals surface area contributed by atoms with Crippen LogP contribution in [0.2, 0.25) is 0 Å². The van der Waals surface area contributed by atoms with E-state index in [4.69, 9.17) is 9.47 Å². The van der Waals surface area contributed by atoms with Crippen molar-refractivity contribution >= 4 is 11.9 Å². The molecule has 4 nitrogen and oxygen atoms in total. The topological polar surface area (TPSA) is 52.6 Å². The van der Waals surface area contributed by atoms with Crippen molar-refractivity contribution in [1.82, 2.24) is 0 Å². The van der Waals surface area contributed by atoms with E-state index in [1.54, 1.807) is 0 Å². The Morgan fingerprint density at radius 3 is 1.31 bits per heavy atom. The van der Waals surface area contributed by atoms with Crippen molar-refractivity contribution in [3.63, 3.8) is 0 Å². The number of esters is 2. The highest BCUT2D eigenvalue weighted by Crippen LogP contribution is 2.33. The first kappa shape index (κ1) is 29.0. The number of carbonyl (C=O) groups excluding carboxylic acids is 2. The SMILES string of the molecule is CCC(C)(C)CC(C)CCOC(=O)C1CCC(C(=O)OCCC(C)CC(C)(C)CC)CC1. The van der Waals surface area contributed by atoms with Gasteiger partial charge in [0.15, 0.2) is 0 Å². The minimum atomic E-state index is -0.0777. The molecule has 0 spiro atoms. The van der Waals surface area contributed by atoms with E-state index in [9.17, 15) is 9.59 Å². The van der Waals surface area contributed by atoms with Gasteiger partial charge in [-0.15, -0.1) is 0 Å². The van der Waals surface area contributed by atoms with E-state index in [1.807, 2.05) is 0 Å². The normalized spacial score (nSPS) is 21.6. The molecule has 188 valence electrons. The zero-order valence-electron chi connectivity index (χ0n) is 22.4. The summed E-state index contributed by atoms with van der Waals surface area (Å²) in [4.78, 5) is 24.9. The van der Waals surface area contributed by atoms with Gasteiger partial charge in [0, 0.05) is 0 Å². The molecular formula is C28H52O4. The van der Waals surface area contributed by atoms with Crippen molar-refractivity contribution < 1.29 is 19.1 Å². The fourth-order valence-corrected chi connectivity index (χ4v) is 4.90. The highest BCUT2D eigenvalue weighted by molar-refractivity contribution is 5.75. The molecule has 0 aliphatic heterocycles. The molecule has 0 saturated heterocycles. The van der Waals surface area contributed by atoms with Crippen LogP contribution in [0.5, 0.6) is 0 Å². The Morgan fingerprint density at radius 2 is 1.03 bits per heavy atom. The average Bonchev–Trinajstić information content (AvgIpc) is 2.73. The second kappa shape index (κ2) is 13.6. The first-order valence-corrected chi connectivity index (χ1v) is 13.2. The Hall–Kier alpha value is -1.06. The molecule has 1 saturated carbocycles. The maximum absolute atomic E-state index is 12.4. The van der Waals surface area contributed by atoms with Gasteiger partial charge in [-0.2, -0.15) is 0 Å². The summed E-state index contributed by atoms with van der Waals surface area (Å²) < 4.78 is 11.2. The highest BCUT2D eigenvalue weighted by atomic mass is 16.5. The van der Waals surface area contributed by atoms with Gasteiger partial charge in [0.25, 0.3) is 0 Å². The third-order valence-electron chi connectivity index (χ3n) is 7.82. The lowest BCUT2D eigenvalue weighted by Crippen LogP contribution is -2.29. The Balaban J connectivity index is 2.24. The van der Waals surface area contributed by atoms with E-state index in [2.05, 4.69) is 55.4 Å². The van der Waals surface area contributed by atoms with Crippen LogP contribution >= 0.6 is 0 Å². The van der Waals surface area contributed by atoms with Crippen molar-refractivity contribution in [2.45, 2.75) is 120 Å². The molecule has 0 bridgehead atoms. The van der Waals surface area contributed by atoms with E-state index < -0.39 is 0 Å². The van der Waals surface area contributed by atoms with Crippen LogP contribution in [0.4, 0.5) is 0 Å². The fourth-order valence-electron chi connectivity index (χ4n) is 4.90. The number of carbonyl (C=O) groups is 2. The molecule has 2 unspecified atom stereocenters. The standard InChI is InChI=1S/C28H52O4/c1-9-27(5,6)19-21(3)15-17-31-25(29)23-11-13-24(14-12-23)26(30)32-18-16-22(4)20-28(7,8)10-2/h21-24H,9-20H2,1-8H3. The summed E-state index contributed by atoms with van der Waals surface area (Å²) in [7, 11) is 0. The summed E-state index contributed by atoms with van der Waals surface area (Å²) in [6, 6.07) is 0. The molecule has 0 aromatic rings. The summed E-state index contributed by atoms with van der Waals surface area (Å²) in [6.45, 7) is 19.2. The van der Waals surface area contributed by atoms with Crippen molar-refractivity contribution in [2.24, 2.45) is 34.5 Å². The summed E-state index contributed by atoms with van der Waals surface area (Å²) in [5.41, 5.74) is 0.696. The van der Waals surface area contributed by atoms with Crippen LogP contribution in [-0.4, -0.2) is 25.2 Å². The van der Waals surface area contributed by atoms with Gasteiger partial charge >= 0.3 is 11.9 Å². The quantitative estimate of drug-likeness (QED) is 0.255. The molecule has 0 amide bonds. The summed E-state index contributed by atoms with van der Waals surface area (Å²) >= 11 is 0. The average molecular weight is 453 g/mol. The van der Waals surface area contributed by atoms with Crippen molar-refractivity contribution in [2.75, 3.05) is 13.2 Å². The molecule has 1 fully saturated rings. The third kappa shape index (κ3) is 11.2. The Morgan fingerprint density at radius 1 is 0.719 bits per heavy atom. The molecule has 0 aromatic heterocycles. The predicted octanol–water partition coefficient (Wildman–Crippen LogP) is 7.58. The molecule has 1 aliphatic rings. The van der Waals surface area contributed by atoms with Crippen LogP contribution in [0.3, 0.4) is 0 Å². The van der Waals surface area contributed by atoms with E-state index in [1.165, 1.54) is 12.8 Å². The molecule has 0 aromatic carbocycles. The maximum Gasteiger partial charge on any atom is 0.308 e. The van der Waals surface area contributed by atoms with Gasteiger partial charge in [-0.25, -0.2) is 0 Å². The molecule has 0 heterocycles. The van der Waals surface area contributed by atoms with E-state index in [-0.39, 0.29) is 23.8 Å². The van der Waals surface area contributed by atoms with Crippen molar-refractivity contribution in [1.29, 1.82) is 0 Å². The van der Waals surface area contributed by atoms with Gasteiger partial charge in [-0.05, 0) is 74.0 Å². The molecule has 4 heteroatoms. The van der Waals surface area contributed by atoms with Gasteiger partial charge in [-0.3, -0.25) is 9.59 Å². The number of ether oxygens (including phenoxy) is 2. The minimum absolute atomic E-state index is 0.0577. The lowest BCUT2D eigenvalue weighted by atomic mass is 9.80. The largest absolute Gasteiger partial charge is 0.465 e. The Bertz CT molecular complexity index is 508. The lowest BCUT2D eigenvalue weighted by Gasteiger charge is -2.28. The van der Waals surface area contributed by atoms with Gasteiger partial charge < -0.3 is 9.47 Å². The van der Waals surface area contributed by atoms with Gasteiger partial charge in [0.2, 0.25) is 0 Å². The van der Waals surface area contributed by atoms with Crippen LogP contribution in [0.1, 0.15) is 120 Å². The molecule has 2 atom stereocenters. The van der Waals surface area contributed by atoms with Crippen LogP contribution in [0, 0.1) is 34.5 Å². The smallest absolute Gasteiger partial charge is 0.308 e. The zero-order valence-corrected chi connectivity index (χ0v) is 22.4. The maximum atomic E-state index is 12.4. The Kier molecular flexibility index (Phi) is 12.3. The van der Waals surface area contributed by atoms with Crippen molar-refractivity contribution in [3.8, 4) is 0 Å². The first-order valence-electron chi connectivity index (χ1n) is 13.2. The van der Waals surface area contributed by atoms with E-state index >= 15 is 0 Å². The molecule has 32 heavy (non-hydrogen) atoms. The molecule has 1 rings (SSSR count). The summed E-state index contributed by atoms with van der Waals surface area (Å²) in [5, 5.41) is 0. The number of hydrogen-bond acceptors (Lipinski definition) is 4. The fraction of sp³-hybridized carbons (Fsp3) is 0.929. The molecule has 1 aliphatic carbocycles. The lowest BCUT2D eigenvalue weighted by molar-refractivity contribution is -0.155. The van der Waals surface area contributed by atoms with Crippen LogP contribution in [-0.2, 0) is 19.1 Å². The third-order valence-corrected chi connectivity index (χ3v) is 7.82. The van der Waals surface area contributed by atoms with Crippen LogP contribution in [0.15, 0.2) is 0 Å². The minimum Gasteiger partial charge on any atom is -0.465 e. The predicted molar refractivity (Wildman–Crippen MR) is 132 cm³/mol. The number of rotatable bonds is 14. The second-order valence-electron chi connectivity index (χ2n) is 12.1. The molecule has 0 N–H and O–H groups in total. The van der Waals surface area contributed by atoms with Gasteiger partial charge in [0.1, 0.15) is 0 Å². The molecule has 0 radical (unpaired) electrons. The zero-order chi connectivity index (χ0) is 24.4. The number of hydrogen-bond donors (Lipinski definition) is 0. The summed E-state index contributed by atoms with van der Waals surface area (Å²) in [6.07, 6.45) is 9.42. The van der Waals surface area contributed by atoms with E-state index in [0.29, 0.717) is 35.9 Å². The van der Waals surface area contributed by atoms with E-state index in [0.717, 1.165) is 51.4 Å². The van der Waals surface area contributed by atoms with Gasteiger partial charge in [-0.1, -0.05) is 68.2 Å². The first-order chi connectivity index (χ1) is 14.9. The van der Waals surface area contributed by atoms with Crippen LogP contribution < -0.4 is 0 Å². The monoisotopic (exact) mass is 452 g/mol. The Labute approximate surface area is 198 Å². The summed E-state index contributed by atoms with van der Waals surface area (Å²) in [5.74, 6) is 0.839. The van der Waals surface area contributed by atoms with Crippen LogP contribution in [0.25, 0.3) is 0 Å². The molecular weight excluding hydrogens is 400 g/mol. The van der Waals surface area contributed by atoms with Crippen molar-refractivity contribution in [3.05, 3.63) is 0 Å². The highest BCUT2D eigenvalue weighted by Gasteiger charge is 2.32. The van der Waals surface area contributed by atoms with Gasteiger partial charge in [0.05, 0.1) is 25.0 Å².